The fraction of sp³-hybridized carbons (Fsp3) is 0.417. The molecular weight excluding hydrogens is 222 g/mol. The van der Waals surface area contributed by atoms with E-state index >= 15 is 0 Å². The van der Waals surface area contributed by atoms with Crippen molar-refractivity contribution in [1.82, 2.24) is 0 Å². The highest BCUT2D eigenvalue weighted by Gasteiger charge is 2.23. The van der Waals surface area contributed by atoms with Crippen LogP contribution in [0, 0.1) is 13.8 Å². The number of nitrogens with two attached hydrogens (primary N) is 1. The summed E-state index contributed by atoms with van der Waals surface area (Å²) >= 11 is 0. The lowest BCUT2D eigenvalue weighted by Gasteiger charge is -2.18. The molecule has 1 rings (SSSR count). The van der Waals surface area contributed by atoms with Gasteiger partial charge in [-0.1, -0.05) is 0 Å². The lowest BCUT2D eigenvalue weighted by Crippen LogP contribution is -2.22. The molecule has 17 heavy (non-hydrogen) atoms. The van der Waals surface area contributed by atoms with Gasteiger partial charge in [0.15, 0.2) is 0 Å². The first kappa shape index (κ1) is 13.3. The summed E-state index contributed by atoms with van der Waals surface area (Å²) < 4.78 is 10.5. The van der Waals surface area contributed by atoms with E-state index in [-0.39, 0.29) is 0 Å². The molecule has 94 valence electrons. The van der Waals surface area contributed by atoms with Gasteiger partial charge in [0, 0.05) is 11.1 Å². The second-order valence-corrected chi connectivity index (χ2v) is 3.79. The first-order chi connectivity index (χ1) is 7.93. The predicted octanol–water partition coefficient (Wildman–Crippen LogP) is 1.41. The molecule has 1 atom stereocenters. The second kappa shape index (κ2) is 5.05. The summed E-state index contributed by atoms with van der Waals surface area (Å²) in [4.78, 5) is 10.9. The van der Waals surface area contributed by atoms with Crippen molar-refractivity contribution in [2.75, 3.05) is 14.2 Å². The average molecular weight is 239 g/mol. The van der Waals surface area contributed by atoms with Crippen molar-refractivity contribution in [3.8, 4) is 11.5 Å². The lowest BCUT2D eigenvalue weighted by molar-refractivity contribution is -0.138. The minimum absolute atomic E-state index is 0.454. The Bertz CT molecular complexity index is 443. The molecule has 0 aliphatic heterocycles. The van der Waals surface area contributed by atoms with E-state index in [0.29, 0.717) is 17.1 Å². The number of methoxy groups -OCH3 is 2. The highest BCUT2D eigenvalue weighted by Crippen LogP contribution is 2.36. The molecule has 1 aromatic carbocycles. The summed E-state index contributed by atoms with van der Waals surface area (Å²) in [6.07, 6.45) is 0. The van der Waals surface area contributed by atoms with Crippen molar-refractivity contribution in [2.45, 2.75) is 19.9 Å². The Hall–Kier alpha value is -1.75. The van der Waals surface area contributed by atoms with E-state index in [1.165, 1.54) is 7.11 Å². The molecular formula is C12H17NO4. The zero-order valence-corrected chi connectivity index (χ0v) is 10.4. The van der Waals surface area contributed by atoms with E-state index in [1.54, 1.807) is 13.2 Å². The number of hydrogen-bond acceptors (Lipinski definition) is 4. The number of ether oxygens (including phenoxy) is 2. The molecule has 5 nitrogen and oxygen atoms in total. The summed E-state index contributed by atoms with van der Waals surface area (Å²) in [6.45, 7) is 3.64. The van der Waals surface area contributed by atoms with Gasteiger partial charge in [-0.3, -0.25) is 4.79 Å². The number of carboxylic acids is 1. The van der Waals surface area contributed by atoms with E-state index < -0.39 is 12.0 Å². The topological polar surface area (TPSA) is 81.8 Å². The van der Waals surface area contributed by atoms with Gasteiger partial charge in [-0.2, -0.15) is 0 Å². The molecule has 1 aromatic rings. The minimum Gasteiger partial charge on any atom is -0.496 e. The molecule has 0 saturated heterocycles. The fourth-order valence-electron chi connectivity index (χ4n) is 1.93. The summed E-state index contributed by atoms with van der Waals surface area (Å²) in [5, 5.41) is 8.95. The van der Waals surface area contributed by atoms with Gasteiger partial charge in [0.2, 0.25) is 0 Å². The largest absolute Gasteiger partial charge is 0.496 e. The van der Waals surface area contributed by atoms with Crippen LogP contribution in [0.15, 0.2) is 6.07 Å². The summed E-state index contributed by atoms with van der Waals surface area (Å²) in [6, 6.07) is 0.581. The lowest BCUT2D eigenvalue weighted by atomic mass is 9.99. The highest BCUT2D eigenvalue weighted by atomic mass is 16.5. The summed E-state index contributed by atoms with van der Waals surface area (Å²) in [5.74, 6) is 0.0535. The van der Waals surface area contributed by atoms with Crippen LogP contribution in [0.1, 0.15) is 22.7 Å². The number of aliphatic carboxylic acids is 1. The number of benzene rings is 1. The van der Waals surface area contributed by atoms with Crippen LogP contribution in [0.25, 0.3) is 0 Å². The van der Waals surface area contributed by atoms with E-state index in [0.717, 1.165) is 11.1 Å². The first-order valence-electron chi connectivity index (χ1n) is 5.14. The van der Waals surface area contributed by atoms with Gasteiger partial charge in [-0.15, -0.1) is 0 Å². The molecule has 0 aliphatic carbocycles. The SMILES string of the molecule is COc1c(C)cc(C(N)C(=O)O)c(OC)c1C. The molecule has 0 fully saturated rings. The van der Waals surface area contributed by atoms with Gasteiger partial charge >= 0.3 is 5.97 Å². The maximum atomic E-state index is 10.9. The van der Waals surface area contributed by atoms with E-state index in [2.05, 4.69) is 0 Å². The number of carboxylic acid groups (broad SMARTS) is 1. The Morgan fingerprint density at radius 1 is 1.29 bits per heavy atom. The monoisotopic (exact) mass is 239 g/mol. The Labute approximate surface area is 100 Å². The summed E-state index contributed by atoms with van der Waals surface area (Å²) in [7, 11) is 3.04. The third-order valence-electron chi connectivity index (χ3n) is 2.68. The zero-order chi connectivity index (χ0) is 13.2. The molecule has 0 heterocycles. The van der Waals surface area contributed by atoms with E-state index in [9.17, 15) is 4.79 Å². The van der Waals surface area contributed by atoms with Crippen molar-refractivity contribution in [3.63, 3.8) is 0 Å². The third-order valence-corrected chi connectivity index (χ3v) is 2.68. The Morgan fingerprint density at radius 2 is 1.82 bits per heavy atom. The third kappa shape index (κ3) is 2.34. The maximum absolute atomic E-state index is 10.9. The number of rotatable bonds is 4. The van der Waals surface area contributed by atoms with Gasteiger partial charge in [0.25, 0.3) is 0 Å². The molecule has 0 saturated carbocycles. The van der Waals surface area contributed by atoms with Crippen molar-refractivity contribution >= 4 is 5.97 Å². The second-order valence-electron chi connectivity index (χ2n) is 3.79. The molecule has 5 heteroatoms. The quantitative estimate of drug-likeness (QED) is 0.830. The Kier molecular flexibility index (Phi) is 3.96. The van der Waals surface area contributed by atoms with Crippen molar-refractivity contribution in [3.05, 3.63) is 22.8 Å². The van der Waals surface area contributed by atoms with Gasteiger partial charge in [0.05, 0.1) is 14.2 Å². The number of carbonyl (C=O) groups is 1. The number of aryl methyl sites for hydroxylation is 1. The molecule has 0 aliphatic rings. The van der Waals surface area contributed by atoms with Crippen LogP contribution < -0.4 is 15.2 Å². The smallest absolute Gasteiger partial charge is 0.325 e. The molecule has 0 radical (unpaired) electrons. The summed E-state index contributed by atoms with van der Waals surface area (Å²) in [5.41, 5.74) is 7.66. The first-order valence-corrected chi connectivity index (χ1v) is 5.14. The average Bonchev–Trinajstić information content (AvgIpc) is 2.27. The van der Waals surface area contributed by atoms with Crippen LogP contribution >= 0.6 is 0 Å². The van der Waals surface area contributed by atoms with Crippen LogP contribution in [-0.2, 0) is 4.79 Å². The Morgan fingerprint density at radius 3 is 2.24 bits per heavy atom. The van der Waals surface area contributed by atoms with Gasteiger partial charge < -0.3 is 20.3 Å². The van der Waals surface area contributed by atoms with Crippen LogP contribution in [-0.4, -0.2) is 25.3 Å². The normalized spacial score (nSPS) is 12.1. The van der Waals surface area contributed by atoms with Gasteiger partial charge in [-0.25, -0.2) is 0 Å². The molecule has 0 bridgehead atoms. The van der Waals surface area contributed by atoms with E-state index in [1.807, 2.05) is 13.8 Å². The van der Waals surface area contributed by atoms with Gasteiger partial charge in [0.1, 0.15) is 17.5 Å². The van der Waals surface area contributed by atoms with Crippen LogP contribution in [0.4, 0.5) is 0 Å². The van der Waals surface area contributed by atoms with Crippen LogP contribution in [0.5, 0.6) is 11.5 Å². The molecule has 0 spiro atoms. The molecule has 0 amide bonds. The predicted molar refractivity (Wildman–Crippen MR) is 63.6 cm³/mol. The maximum Gasteiger partial charge on any atom is 0.325 e. The molecule has 3 N–H and O–H groups in total. The minimum atomic E-state index is -1.10. The van der Waals surface area contributed by atoms with Crippen molar-refractivity contribution < 1.29 is 19.4 Å². The van der Waals surface area contributed by atoms with Crippen molar-refractivity contribution in [1.29, 1.82) is 0 Å². The molecule has 0 aromatic heterocycles. The standard InChI is InChI=1S/C12H17NO4/c1-6-5-8(9(13)12(14)15)11(17-4)7(2)10(6)16-3/h5,9H,13H2,1-4H3,(H,14,15). The number of hydrogen-bond donors (Lipinski definition) is 2. The van der Waals surface area contributed by atoms with Crippen LogP contribution in [0.3, 0.4) is 0 Å². The highest BCUT2D eigenvalue weighted by molar-refractivity contribution is 5.77. The van der Waals surface area contributed by atoms with Crippen molar-refractivity contribution in [2.24, 2.45) is 5.73 Å². The van der Waals surface area contributed by atoms with Gasteiger partial charge in [-0.05, 0) is 25.5 Å². The molecule has 1 unspecified atom stereocenters. The van der Waals surface area contributed by atoms with E-state index in [4.69, 9.17) is 20.3 Å². The van der Waals surface area contributed by atoms with Crippen LogP contribution in [0.2, 0.25) is 0 Å². The fourth-order valence-corrected chi connectivity index (χ4v) is 1.93. The Balaban J connectivity index is 3.46. The zero-order valence-electron chi connectivity index (χ0n) is 10.4.